The molecule has 0 N–H and O–H groups in total. The molecule has 0 aromatic carbocycles. The van der Waals surface area contributed by atoms with E-state index < -0.39 is 0 Å². The summed E-state index contributed by atoms with van der Waals surface area (Å²) in [6.45, 7) is 15.9. The average Bonchev–Trinajstić information content (AvgIpc) is 2.40. The van der Waals surface area contributed by atoms with Gasteiger partial charge in [-0.15, -0.1) is 6.54 Å². The van der Waals surface area contributed by atoms with Crippen molar-refractivity contribution in [3.8, 4) is 0 Å². The van der Waals surface area contributed by atoms with Crippen molar-refractivity contribution in [1.82, 2.24) is 9.80 Å². The second kappa shape index (κ2) is 9.77. The molecule has 112 valence electrons. The van der Waals surface area contributed by atoms with Crippen LogP contribution >= 0.6 is 0 Å². The van der Waals surface area contributed by atoms with Crippen LogP contribution in [0.1, 0.15) is 47.0 Å². The molecule has 2 nitrogen and oxygen atoms in total. The minimum Gasteiger partial charge on any atom is -0.330 e. The van der Waals surface area contributed by atoms with Gasteiger partial charge in [-0.25, -0.2) is 0 Å². The third-order valence-corrected chi connectivity index (χ3v) is 5.26. The van der Waals surface area contributed by atoms with Gasteiger partial charge < -0.3 is 16.2 Å². The molecule has 0 aromatic heterocycles. The van der Waals surface area contributed by atoms with Gasteiger partial charge in [0, 0.05) is 6.04 Å². The van der Waals surface area contributed by atoms with E-state index in [1.807, 2.05) is 0 Å². The Morgan fingerprint density at radius 3 is 2.10 bits per heavy atom. The third kappa shape index (κ3) is 6.08. The van der Waals surface area contributed by atoms with Crippen molar-refractivity contribution in [2.45, 2.75) is 53.0 Å². The van der Waals surface area contributed by atoms with Gasteiger partial charge in [0.1, 0.15) is 0 Å². The SMILES string of the molecule is CC(C)C1CCN(C[C@@H]2[CH-]CN(C(C)C)CC2)CC1.[Rb+]. The molecule has 0 aliphatic carbocycles. The Morgan fingerprint density at radius 2 is 1.65 bits per heavy atom. The summed E-state index contributed by atoms with van der Waals surface area (Å²) < 4.78 is 0. The molecule has 1 atom stereocenters. The van der Waals surface area contributed by atoms with Gasteiger partial charge in [0.15, 0.2) is 0 Å². The van der Waals surface area contributed by atoms with Gasteiger partial charge in [-0.3, -0.25) is 0 Å². The van der Waals surface area contributed by atoms with Gasteiger partial charge in [0.25, 0.3) is 0 Å². The molecule has 2 fully saturated rings. The molecule has 2 aliphatic heterocycles. The van der Waals surface area contributed by atoms with E-state index in [1.54, 1.807) is 0 Å². The molecule has 2 heterocycles. The molecule has 2 saturated heterocycles. The van der Waals surface area contributed by atoms with Gasteiger partial charge in [-0.05, 0) is 64.7 Å². The molecular weight excluding hydrogens is 318 g/mol. The van der Waals surface area contributed by atoms with E-state index in [-0.39, 0.29) is 58.2 Å². The van der Waals surface area contributed by atoms with Crippen molar-refractivity contribution in [3.63, 3.8) is 0 Å². The number of rotatable bonds is 4. The topological polar surface area (TPSA) is 6.48 Å². The van der Waals surface area contributed by atoms with Gasteiger partial charge in [-0.1, -0.05) is 20.3 Å². The van der Waals surface area contributed by atoms with Crippen LogP contribution in [0.25, 0.3) is 0 Å². The Labute approximate surface area is 175 Å². The monoisotopic (exact) mass is 350 g/mol. The molecule has 2 rings (SSSR count). The summed E-state index contributed by atoms with van der Waals surface area (Å²) in [7, 11) is 0. The Kier molecular flexibility index (Phi) is 9.66. The summed E-state index contributed by atoms with van der Waals surface area (Å²) in [5.74, 6) is 2.69. The fourth-order valence-electron chi connectivity index (χ4n) is 3.59. The van der Waals surface area contributed by atoms with Gasteiger partial charge in [0.05, 0.1) is 0 Å². The average molecular weight is 351 g/mol. The second-order valence-electron chi connectivity index (χ2n) is 7.26. The normalized spacial score (nSPS) is 27.0. The van der Waals surface area contributed by atoms with Crippen molar-refractivity contribution in [3.05, 3.63) is 6.42 Å². The zero-order valence-electron chi connectivity index (χ0n) is 14.4. The number of likely N-dealkylation sites (tertiary alicyclic amines) is 2. The summed E-state index contributed by atoms with van der Waals surface area (Å²) in [4.78, 5) is 5.30. The summed E-state index contributed by atoms with van der Waals surface area (Å²) in [6.07, 6.45) is 6.77. The molecule has 0 bridgehead atoms. The zero-order chi connectivity index (χ0) is 13.8. The smallest absolute Gasteiger partial charge is 0.330 e. The molecule has 0 radical (unpaired) electrons. The Bertz CT molecular complexity index is 226. The summed E-state index contributed by atoms with van der Waals surface area (Å²) in [5, 5.41) is 0. The van der Waals surface area contributed by atoms with Crippen LogP contribution < -0.4 is 58.2 Å². The van der Waals surface area contributed by atoms with Crippen molar-refractivity contribution in [2.24, 2.45) is 17.8 Å². The number of hydrogen-bond donors (Lipinski definition) is 0. The van der Waals surface area contributed by atoms with Gasteiger partial charge in [0.2, 0.25) is 0 Å². The van der Waals surface area contributed by atoms with Crippen molar-refractivity contribution in [1.29, 1.82) is 0 Å². The van der Waals surface area contributed by atoms with Crippen LogP contribution in [0.3, 0.4) is 0 Å². The van der Waals surface area contributed by atoms with Crippen molar-refractivity contribution >= 4 is 0 Å². The molecule has 3 heteroatoms. The summed E-state index contributed by atoms with van der Waals surface area (Å²) in [5.41, 5.74) is 0. The maximum atomic E-state index is 2.71. The van der Waals surface area contributed by atoms with Gasteiger partial charge in [-0.2, -0.15) is 5.92 Å². The van der Waals surface area contributed by atoms with Crippen LogP contribution in [0.4, 0.5) is 0 Å². The Balaban J connectivity index is 0.00000200. The molecule has 20 heavy (non-hydrogen) atoms. The standard InChI is InChI=1S/C17H33N2.Rb/c1-14(2)17-7-9-18(10-8-17)13-16-5-11-19(12-6-16)15(3)4;/h5,14-17H,6-13H2,1-4H3;/q-1;+1/t16-;/m1./s1. The van der Waals surface area contributed by atoms with Crippen LogP contribution in [0.15, 0.2) is 0 Å². The van der Waals surface area contributed by atoms with E-state index >= 15 is 0 Å². The van der Waals surface area contributed by atoms with E-state index in [4.69, 9.17) is 0 Å². The van der Waals surface area contributed by atoms with E-state index in [1.165, 1.54) is 52.0 Å². The molecular formula is C17H33N2Rb. The fourth-order valence-corrected chi connectivity index (χ4v) is 3.59. The molecule has 0 unspecified atom stereocenters. The third-order valence-electron chi connectivity index (χ3n) is 5.26. The van der Waals surface area contributed by atoms with Crippen LogP contribution in [-0.2, 0) is 0 Å². The minimum absolute atomic E-state index is 0. The van der Waals surface area contributed by atoms with Crippen molar-refractivity contribution in [2.75, 3.05) is 32.7 Å². The van der Waals surface area contributed by atoms with Gasteiger partial charge >= 0.3 is 58.2 Å². The summed E-state index contributed by atoms with van der Waals surface area (Å²) >= 11 is 0. The predicted octanol–water partition coefficient (Wildman–Crippen LogP) is 0.293. The van der Waals surface area contributed by atoms with Crippen LogP contribution in [0.2, 0.25) is 0 Å². The first-order valence-corrected chi connectivity index (χ1v) is 8.36. The Hall–Kier alpha value is 1.73. The molecule has 2 aliphatic rings. The second-order valence-corrected chi connectivity index (χ2v) is 7.26. The summed E-state index contributed by atoms with van der Waals surface area (Å²) in [6, 6.07) is 0.707. The molecule has 0 aromatic rings. The van der Waals surface area contributed by atoms with E-state index in [0.717, 1.165) is 17.8 Å². The van der Waals surface area contributed by atoms with Crippen LogP contribution in [0, 0.1) is 24.2 Å². The van der Waals surface area contributed by atoms with Crippen molar-refractivity contribution < 1.29 is 58.2 Å². The Morgan fingerprint density at radius 1 is 1.00 bits per heavy atom. The van der Waals surface area contributed by atoms with E-state index in [0.29, 0.717) is 6.04 Å². The van der Waals surface area contributed by atoms with E-state index in [9.17, 15) is 0 Å². The predicted molar refractivity (Wildman–Crippen MR) is 83.1 cm³/mol. The first kappa shape index (κ1) is 19.8. The first-order valence-electron chi connectivity index (χ1n) is 8.36. The maximum Gasteiger partial charge on any atom is 1.00 e. The van der Waals surface area contributed by atoms with Crippen LogP contribution in [0.5, 0.6) is 0 Å². The number of nitrogens with zero attached hydrogens (tertiary/aromatic N) is 2. The molecule has 0 amide bonds. The van der Waals surface area contributed by atoms with E-state index in [2.05, 4.69) is 43.9 Å². The minimum atomic E-state index is 0. The zero-order valence-corrected chi connectivity index (χ0v) is 19.4. The maximum absolute atomic E-state index is 2.71. The molecule has 0 spiro atoms. The molecule has 0 saturated carbocycles. The quantitative estimate of drug-likeness (QED) is 0.673. The number of piperidine rings is 2. The number of hydrogen-bond acceptors (Lipinski definition) is 2. The van der Waals surface area contributed by atoms with Crippen LogP contribution in [-0.4, -0.2) is 48.6 Å². The largest absolute Gasteiger partial charge is 1.00 e. The first-order chi connectivity index (χ1) is 9.06. The fraction of sp³-hybridized carbons (Fsp3) is 0.941.